The lowest BCUT2D eigenvalue weighted by molar-refractivity contribution is 0.0701. The van der Waals surface area contributed by atoms with Gasteiger partial charge in [0.1, 0.15) is 4.88 Å². The molecule has 114 valence electrons. The highest BCUT2D eigenvalue weighted by Crippen LogP contribution is 2.28. The molecule has 1 heterocycles. The third-order valence-electron chi connectivity index (χ3n) is 3.19. The zero-order valence-corrected chi connectivity index (χ0v) is 14.1. The summed E-state index contributed by atoms with van der Waals surface area (Å²) in [4.78, 5) is 15.6. The van der Waals surface area contributed by atoms with E-state index in [1.54, 1.807) is 18.7 Å². The van der Waals surface area contributed by atoms with E-state index in [9.17, 15) is 4.79 Å². The van der Waals surface area contributed by atoms with Crippen LogP contribution in [0.3, 0.4) is 0 Å². The maximum atomic E-state index is 10.9. The van der Waals surface area contributed by atoms with Crippen molar-refractivity contribution in [1.82, 2.24) is 4.98 Å². The van der Waals surface area contributed by atoms with Crippen molar-refractivity contribution in [3.05, 3.63) is 10.6 Å². The summed E-state index contributed by atoms with van der Waals surface area (Å²) >= 11 is 2.99. The Kier molecular flexibility index (Phi) is 8.94. The molecule has 0 aromatic carbocycles. The second-order valence-electron chi connectivity index (χ2n) is 5.02. The molecule has 1 N–H and O–H groups in total. The van der Waals surface area contributed by atoms with E-state index in [-0.39, 0.29) is 0 Å². The lowest BCUT2D eigenvalue weighted by atomic mass is 10.1. The fraction of sp³-hybridized carbons (Fsp3) is 0.733. The minimum absolute atomic E-state index is 0.378. The second kappa shape index (κ2) is 10.2. The topological polar surface area (TPSA) is 50.2 Å². The third kappa shape index (κ3) is 6.75. The molecule has 0 radical (unpaired) electrons. The molecule has 0 bridgehead atoms. The van der Waals surface area contributed by atoms with E-state index in [0.29, 0.717) is 10.6 Å². The number of aromatic nitrogens is 1. The zero-order chi connectivity index (χ0) is 14.8. The van der Waals surface area contributed by atoms with Gasteiger partial charge >= 0.3 is 5.97 Å². The van der Waals surface area contributed by atoms with Gasteiger partial charge < -0.3 is 5.11 Å². The molecule has 0 saturated heterocycles. The van der Waals surface area contributed by atoms with Gasteiger partial charge in [-0.15, -0.1) is 11.3 Å². The fourth-order valence-electron chi connectivity index (χ4n) is 2.03. The van der Waals surface area contributed by atoms with Gasteiger partial charge in [0.05, 0.1) is 5.69 Å². The van der Waals surface area contributed by atoms with Gasteiger partial charge in [-0.1, -0.05) is 63.6 Å². The van der Waals surface area contributed by atoms with E-state index in [2.05, 4.69) is 11.9 Å². The van der Waals surface area contributed by atoms with Crippen LogP contribution in [-0.4, -0.2) is 21.8 Å². The van der Waals surface area contributed by atoms with Crippen molar-refractivity contribution < 1.29 is 9.90 Å². The summed E-state index contributed by atoms with van der Waals surface area (Å²) < 4.78 is 0.892. The lowest BCUT2D eigenvalue weighted by Crippen LogP contribution is -1.94. The summed E-state index contributed by atoms with van der Waals surface area (Å²) in [6, 6.07) is 0. The Bertz CT molecular complexity index is 405. The van der Waals surface area contributed by atoms with Crippen molar-refractivity contribution in [2.45, 2.75) is 69.6 Å². The number of nitrogens with zero attached hydrogens (tertiary/aromatic N) is 1. The fourth-order valence-corrected chi connectivity index (χ4v) is 4.13. The molecule has 0 atom stereocenters. The van der Waals surface area contributed by atoms with Crippen molar-refractivity contribution in [3.8, 4) is 0 Å². The first-order valence-electron chi connectivity index (χ1n) is 7.48. The smallest absolute Gasteiger partial charge is 0.347 e. The number of carboxylic acid groups (broad SMARTS) is 1. The second-order valence-corrected chi connectivity index (χ2v) is 7.36. The monoisotopic (exact) mass is 315 g/mol. The molecule has 1 aromatic rings. The molecular formula is C15H25NO2S2. The highest BCUT2D eigenvalue weighted by molar-refractivity contribution is 8.01. The van der Waals surface area contributed by atoms with Crippen molar-refractivity contribution >= 4 is 29.1 Å². The summed E-state index contributed by atoms with van der Waals surface area (Å²) in [6.07, 6.45) is 10.6. The molecule has 1 aromatic heterocycles. The highest BCUT2D eigenvalue weighted by Gasteiger charge is 2.13. The molecule has 1 rings (SSSR count). The first-order valence-corrected chi connectivity index (χ1v) is 9.29. The summed E-state index contributed by atoms with van der Waals surface area (Å²) in [5.74, 6) is 0.181. The normalized spacial score (nSPS) is 10.9. The largest absolute Gasteiger partial charge is 0.477 e. The van der Waals surface area contributed by atoms with E-state index in [0.717, 1.165) is 10.1 Å². The van der Waals surface area contributed by atoms with Crippen LogP contribution in [-0.2, 0) is 0 Å². The van der Waals surface area contributed by atoms with Gasteiger partial charge in [-0.25, -0.2) is 9.78 Å². The standard InChI is InChI=1S/C15H25NO2S2/c1-3-4-5-6-7-8-9-10-11-19-15-16-12(2)13(20-15)14(17)18/h3-11H2,1-2H3,(H,17,18). The van der Waals surface area contributed by atoms with Crippen molar-refractivity contribution in [2.75, 3.05) is 5.75 Å². The molecule has 20 heavy (non-hydrogen) atoms. The van der Waals surface area contributed by atoms with Gasteiger partial charge in [0.2, 0.25) is 0 Å². The van der Waals surface area contributed by atoms with E-state index < -0.39 is 5.97 Å². The minimum Gasteiger partial charge on any atom is -0.477 e. The van der Waals surface area contributed by atoms with Gasteiger partial charge in [0.25, 0.3) is 0 Å². The SMILES string of the molecule is CCCCCCCCCCSc1nc(C)c(C(=O)O)s1. The van der Waals surface area contributed by atoms with Crippen LogP contribution < -0.4 is 0 Å². The Morgan fingerprint density at radius 1 is 1.15 bits per heavy atom. The number of thiazole rings is 1. The van der Waals surface area contributed by atoms with E-state index in [1.807, 2.05) is 0 Å². The van der Waals surface area contributed by atoms with Crippen LogP contribution in [0.1, 0.15) is 73.7 Å². The lowest BCUT2D eigenvalue weighted by Gasteiger charge is -2.00. The molecule has 0 amide bonds. The zero-order valence-electron chi connectivity index (χ0n) is 12.5. The number of carbonyl (C=O) groups is 1. The number of thioether (sulfide) groups is 1. The first-order chi connectivity index (χ1) is 9.65. The number of aromatic carboxylic acids is 1. The Balaban J connectivity index is 2.07. The maximum absolute atomic E-state index is 10.9. The van der Waals surface area contributed by atoms with E-state index in [4.69, 9.17) is 5.11 Å². The summed E-state index contributed by atoms with van der Waals surface area (Å²) in [7, 11) is 0. The predicted molar refractivity (Wildman–Crippen MR) is 87.1 cm³/mol. The number of aryl methyl sites for hydroxylation is 1. The van der Waals surface area contributed by atoms with E-state index in [1.165, 1.54) is 62.7 Å². The average molecular weight is 316 g/mol. The maximum Gasteiger partial charge on any atom is 0.347 e. The van der Waals surface area contributed by atoms with Crippen molar-refractivity contribution in [1.29, 1.82) is 0 Å². The van der Waals surface area contributed by atoms with Gasteiger partial charge in [0.15, 0.2) is 4.34 Å². The molecule has 0 unspecified atom stereocenters. The quantitative estimate of drug-likeness (QED) is 0.440. The molecule has 0 saturated carbocycles. The predicted octanol–water partition coefficient (Wildman–Crippen LogP) is 5.38. The van der Waals surface area contributed by atoms with Gasteiger partial charge in [-0.05, 0) is 13.3 Å². The summed E-state index contributed by atoms with van der Waals surface area (Å²) in [5.41, 5.74) is 0.640. The molecule has 5 heteroatoms. The molecule has 0 aliphatic heterocycles. The first kappa shape index (κ1) is 17.5. The average Bonchev–Trinajstić information content (AvgIpc) is 2.78. The van der Waals surface area contributed by atoms with Crippen LogP contribution in [0, 0.1) is 6.92 Å². The van der Waals surface area contributed by atoms with Gasteiger partial charge in [0, 0.05) is 5.75 Å². The third-order valence-corrected chi connectivity index (χ3v) is 5.57. The minimum atomic E-state index is -0.862. The number of hydrogen-bond donors (Lipinski definition) is 1. The van der Waals surface area contributed by atoms with Crippen LogP contribution in [0.25, 0.3) is 0 Å². The number of carboxylic acids is 1. The van der Waals surface area contributed by atoms with Crippen LogP contribution >= 0.6 is 23.1 Å². The highest BCUT2D eigenvalue weighted by atomic mass is 32.2. The Morgan fingerprint density at radius 2 is 1.75 bits per heavy atom. The molecule has 0 fully saturated rings. The van der Waals surface area contributed by atoms with Crippen molar-refractivity contribution in [3.63, 3.8) is 0 Å². The Hall–Kier alpha value is -0.550. The number of rotatable bonds is 11. The van der Waals surface area contributed by atoms with Gasteiger partial charge in [-0.3, -0.25) is 0 Å². The molecular weight excluding hydrogens is 290 g/mol. The molecule has 0 aliphatic rings. The summed E-state index contributed by atoms with van der Waals surface area (Å²) in [5, 5.41) is 8.97. The molecule has 0 spiro atoms. The molecule has 3 nitrogen and oxygen atoms in total. The Labute approximate surface area is 130 Å². The van der Waals surface area contributed by atoms with Crippen LogP contribution in [0.2, 0.25) is 0 Å². The Morgan fingerprint density at radius 3 is 2.30 bits per heavy atom. The number of unbranched alkanes of at least 4 members (excludes halogenated alkanes) is 7. The molecule has 0 aliphatic carbocycles. The summed E-state index contributed by atoms with van der Waals surface area (Å²) in [6.45, 7) is 4.01. The van der Waals surface area contributed by atoms with Crippen LogP contribution in [0.5, 0.6) is 0 Å². The van der Waals surface area contributed by atoms with Gasteiger partial charge in [-0.2, -0.15) is 0 Å². The van der Waals surface area contributed by atoms with Crippen LogP contribution in [0.15, 0.2) is 4.34 Å². The van der Waals surface area contributed by atoms with Crippen molar-refractivity contribution in [2.24, 2.45) is 0 Å². The number of hydrogen-bond acceptors (Lipinski definition) is 4. The van der Waals surface area contributed by atoms with Crippen LogP contribution in [0.4, 0.5) is 0 Å². The van der Waals surface area contributed by atoms with E-state index >= 15 is 0 Å².